The minimum atomic E-state index is -0.602. The number of phenols is 2. The van der Waals surface area contributed by atoms with Gasteiger partial charge in [0.05, 0.1) is 0 Å². The van der Waals surface area contributed by atoms with Crippen LogP contribution in [0.15, 0.2) is 18.7 Å². The molecule has 0 heterocycles. The average Bonchev–Trinajstić information content (AvgIpc) is 1.97. The zero-order valence-corrected chi connectivity index (χ0v) is 5.71. The van der Waals surface area contributed by atoms with Gasteiger partial charge in [0, 0.05) is 11.6 Å². The topological polar surface area (TPSA) is 40.5 Å². The summed E-state index contributed by atoms with van der Waals surface area (Å²) in [6.07, 6.45) is 1.26. The molecule has 1 rings (SSSR count). The number of aromatic hydroxyl groups is 2. The molecule has 0 fully saturated rings. The Morgan fingerprint density at radius 1 is 1.27 bits per heavy atom. The maximum absolute atomic E-state index is 12.7. The van der Waals surface area contributed by atoms with Gasteiger partial charge in [-0.05, 0) is 6.07 Å². The lowest BCUT2D eigenvalue weighted by molar-refractivity contribution is 0.399. The molecule has 0 saturated carbocycles. The molecule has 2 nitrogen and oxygen atoms in total. The highest BCUT2D eigenvalue weighted by molar-refractivity contribution is 5.54. The van der Waals surface area contributed by atoms with Gasteiger partial charge in [0.2, 0.25) is 0 Å². The summed E-state index contributed by atoms with van der Waals surface area (Å²) in [6, 6.07) is 1.95. The molecule has 2 N–H and O–H groups in total. The molecule has 1 aromatic rings. The van der Waals surface area contributed by atoms with Gasteiger partial charge in [-0.2, -0.15) is 0 Å². The van der Waals surface area contributed by atoms with Crippen LogP contribution >= 0.6 is 0 Å². The van der Waals surface area contributed by atoms with Crippen molar-refractivity contribution in [3.63, 3.8) is 0 Å². The Morgan fingerprint density at radius 2 is 1.82 bits per heavy atom. The summed E-state index contributed by atoms with van der Waals surface area (Å²) >= 11 is 0. The zero-order chi connectivity index (χ0) is 8.43. The minimum absolute atomic E-state index is 0.167. The Hall–Kier alpha value is -1.51. The molecule has 0 radical (unpaired) electrons. The molecule has 0 amide bonds. The standard InChI is InChI=1S/C8H7FO2/c1-2-5-3-7(10)8(11)4-6(5)9/h2-4,10-11H,1H2. The molecule has 0 spiro atoms. The summed E-state index contributed by atoms with van der Waals surface area (Å²) in [6.45, 7) is 3.33. The first-order valence-corrected chi connectivity index (χ1v) is 2.99. The summed E-state index contributed by atoms with van der Waals surface area (Å²) in [5.41, 5.74) is 0.167. The van der Waals surface area contributed by atoms with E-state index in [0.29, 0.717) is 0 Å². The highest BCUT2D eigenvalue weighted by Gasteiger charge is 2.04. The number of phenolic OH excluding ortho intramolecular Hbond substituents is 2. The lowest BCUT2D eigenvalue weighted by Crippen LogP contribution is -1.80. The van der Waals surface area contributed by atoms with Crippen molar-refractivity contribution in [1.29, 1.82) is 0 Å². The van der Waals surface area contributed by atoms with Gasteiger partial charge in [0.1, 0.15) is 5.82 Å². The van der Waals surface area contributed by atoms with E-state index in [-0.39, 0.29) is 11.3 Å². The summed E-state index contributed by atoms with van der Waals surface area (Å²) in [4.78, 5) is 0. The van der Waals surface area contributed by atoms with Gasteiger partial charge in [0.25, 0.3) is 0 Å². The van der Waals surface area contributed by atoms with Crippen LogP contribution in [0.4, 0.5) is 4.39 Å². The van der Waals surface area contributed by atoms with Gasteiger partial charge in [-0.15, -0.1) is 0 Å². The van der Waals surface area contributed by atoms with Crippen LogP contribution in [0.2, 0.25) is 0 Å². The van der Waals surface area contributed by atoms with Crippen molar-refractivity contribution in [2.75, 3.05) is 0 Å². The number of halogens is 1. The predicted molar refractivity (Wildman–Crippen MR) is 39.8 cm³/mol. The molecule has 0 saturated heterocycles. The highest BCUT2D eigenvalue weighted by Crippen LogP contribution is 2.27. The third-order valence-electron chi connectivity index (χ3n) is 1.31. The van der Waals surface area contributed by atoms with E-state index in [1.165, 1.54) is 6.08 Å². The van der Waals surface area contributed by atoms with E-state index in [4.69, 9.17) is 10.2 Å². The maximum Gasteiger partial charge on any atom is 0.160 e. The van der Waals surface area contributed by atoms with Gasteiger partial charge in [0.15, 0.2) is 11.5 Å². The van der Waals surface area contributed by atoms with Gasteiger partial charge in [-0.3, -0.25) is 0 Å². The Balaban J connectivity index is 3.31. The quantitative estimate of drug-likeness (QED) is 0.606. The van der Waals surface area contributed by atoms with Gasteiger partial charge >= 0.3 is 0 Å². The second-order valence-electron chi connectivity index (χ2n) is 2.07. The smallest absolute Gasteiger partial charge is 0.160 e. The van der Waals surface area contributed by atoms with E-state index in [1.54, 1.807) is 0 Å². The van der Waals surface area contributed by atoms with Crippen molar-refractivity contribution >= 4 is 6.08 Å². The average molecular weight is 154 g/mol. The fourth-order valence-electron chi connectivity index (χ4n) is 0.724. The van der Waals surface area contributed by atoms with Crippen molar-refractivity contribution in [2.45, 2.75) is 0 Å². The van der Waals surface area contributed by atoms with E-state index in [2.05, 4.69) is 6.58 Å². The molecule has 0 aliphatic rings. The summed E-state index contributed by atoms with van der Waals surface area (Å²) in [7, 11) is 0. The second-order valence-corrected chi connectivity index (χ2v) is 2.07. The first-order chi connectivity index (χ1) is 5.15. The molecule has 0 aromatic heterocycles. The van der Waals surface area contributed by atoms with Crippen LogP contribution in [0.3, 0.4) is 0 Å². The van der Waals surface area contributed by atoms with Gasteiger partial charge < -0.3 is 10.2 Å². The van der Waals surface area contributed by atoms with Crippen molar-refractivity contribution in [2.24, 2.45) is 0 Å². The monoisotopic (exact) mass is 154 g/mol. The highest BCUT2D eigenvalue weighted by atomic mass is 19.1. The van der Waals surface area contributed by atoms with Crippen LogP contribution in [-0.4, -0.2) is 10.2 Å². The van der Waals surface area contributed by atoms with E-state index in [1.807, 2.05) is 0 Å². The molecular formula is C8H7FO2. The van der Waals surface area contributed by atoms with E-state index in [0.717, 1.165) is 12.1 Å². The predicted octanol–water partition coefficient (Wildman–Crippen LogP) is 1.88. The van der Waals surface area contributed by atoms with Gasteiger partial charge in [-0.1, -0.05) is 12.7 Å². The van der Waals surface area contributed by atoms with Crippen LogP contribution in [0.5, 0.6) is 11.5 Å². The third-order valence-corrected chi connectivity index (χ3v) is 1.31. The molecule has 0 unspecified atom stereocenters. The van der Waals surface area contributed by atoms with Crippen molar-refractivity contribution < 1.29 is 14.6 Å². The number of hydrogen-bond donors (Lipinski definition) is 2. The van der Waals surface area contributed by atoms with E-state index in [9.17, 15) is 4.39 Å². The fourth-order valence-corrected chi connectivity index (χ4v) is 0.724. The Kier molecular flexibility index (Phi) is 1.81. The minimum Gasteiger partial charge on any atom is -0.504 e. The fraction of sp³-hybridized carbons (Fsp3) is 0. The van der Waals surface area contributed by atoms with Crippen molar-refractivity contribution in [3.05, 3.63) is 30.1 Å². The lowest BCUT2D eigenvalue weighted by atomic mass is 10.2. The molecule has 11 heavy (non-hydrogen) atoms. The molecule has 3 heteroatoms. The number of hydrogen-bond acceptors (Lipinski definition) is 2. The van der Waals surface area contributed by atoms with Crippen LogP contribution < -0.4 is 0 Å². The number of rotatable bonds is 1. The maximum atomic E-state index is 12.7. The van der Waals surface area contributed by atoms with Gasteiger partial charge in [-0.25, -0.2) is 4.39 Å². The first-order valence-electron chi connectivity index (χ1n) is 2.99. The Labute approximate surface area is 63.2 Å². The normalized spacial score (nSPS) is 9.55. The molecule has 0 aliphatic carbocycles. The molecule has 58 valence electrons. The van der Waals surface area contributed by atoms with Crippen molar-refractivity contribution in [1.82, 2.24) is 0 Å². The van der Waals surface area contributed by atoms with E-state index < -0.39 is 11.6 Å². The van der Waals surface area contributed by atoms with Crippen LogP contribution in [0.25, 0.3) is 6.08 Å². The number of benzene rings is 1. The zero-order valence-electron chi connectivity index (χ0n) is 5.71. The summed E-state index contributed by atoms with van der Waals surface area (Å²) in [5, 5.41) is 17.7. The first kappa shape index (κ1) is 7.60. The van der Waals surface area contributed by atoms with Crippen LogP contribution in [0, 0.1) is 5.82 Å². The Bertz CT molecular complexity index is 294. The Morgan fingerprint density at radius 3 is 2.36 bits per heavy atom. The lowest BCUT2D eigenvalue weighted by Gasteiger charge is -1.99. The molecule has 1 aromatic carbocycles. The molecular weight excluding hydrogens is 147 g/mol. The molecule has 0 bridgehead atoms. The summed E-state index contributed by atoms with van der Waals surface area (Å²) in [5.74, 6) is -1.41. The molecule has 0 aliphatic heterocycles. The molecule has 0 atom stereocenters. The third kappa shape index (κ3) is 1.32. The van der Waals surface area contributed by atoms with Crippen LogP contribution in [0.1, 0.15) is 5.56 Å². The second kappa shape index (κ2) is 2.62. The SMILES string of the molecule is C=Cc1cc(O)c(O)cc1F. The van der Waals surface area contributed by atoms with Crippen molar-refractivity contribution in [3.8, 4) is 11.5 Å². The largest absolute Gasteiger partial charge is 0.504 e. The van der Waals surface area contributed by atoms with E-state index >= 15 is 0 Å². The van der Waals surface area contributed by atoms with Crippen LogP contribution in [-0.2, 0) is 0 Å². The summed E-state index contributed by atoms with van der Waals surface area (Å²) < 4.78 is 12.7.